The zero-order valence-electron chi connectivity index (χ0n) is 13.7. The fourth-order valence-corrected chi connectivity index (χ4v) is 3.61. The van der Waals surface area contributed by atoms with Crippen LogP contribution in [0.5, 0.6) is 17.2 Å². The van der Waals surface area contributed by atoms with Gasteiger partial charge in [0.25, 0.3) is 5.91 Å². The molecule has 0 atom stereocenters. The number of rotatable bonds is 6. The molecule has 0 aliphatic heterocycles. The van der Waals surface area contributed by atoms with Crippen LogP contribution in [0, 0.1) is 0 Å². The number of amides is 1. The van der Waals surface area contributed by atoms with E-state index in [0.717, 1.165) is 10.6 Å². The molecule has 0 bridgehead atoms. The summed E-state index contributed by atoms with van der Waals surface area (Å²) in [5, 5.41) is 15.9. The van der Waals surface area contributed by atoms with Crippen molar-refractivity contribution >= 4 is 33.7 Å². The molecule has 0 radical (unpaired) electrons. The van der Waals surface area contributed by atoms with Crippen molar-refractivity contribution in [3.63, 3.8) is 0 Å². The number of hydrogen-bond acceptors (Lipinski definition) is 8. The van der Waals surface area contributed by atoms with Crippen molar-refractivity contribution in [3.8, 4) is 27.8 Å². The van der Waals surface area contributed by atoms with Crippen molar-refractivity contribution in [1.82, 2.24) is 10.2 Å². The number of thiophene rings is 1. The van der Waals surface area contributed by atoms with E-state index in [0.29, 0.717) is 27.9 Å². The van der Waals surface area contributed by atoms with Crippen molar-refractivity contribution in [2.45, 2.75) is 0 Å². The molecule has 0 saturated carbocycles. The smallest absolute Gasteiger partial charge is 0.257 e. The molecule has 0 unspecified atom stereocenters. The molecule has 1 N–H and O–H groups in total. The average Bonchev–Trinajstić information content (AvgIpc) is 3.31. The van der Waals surface area contributed by atoms with Crippen LogP contribution < -0.4 is 19.5 Å². The monoisotopic (exact) mass is 377 g/mol. The van der Waals surface area contributed by atoms with Crippen LogP contribution in [0.25, 0.3) is 10.6 Å². The number of carbonyl (C=O) groups excluding carboxylic acids is 1. The molecule has 25 heavy (non-hydrogen) atoms. The maximum atomic E-state index is 12.5. The molecular formula is C16H15N3O4S2. The van der Waals surface area contributed by atoms with Crippen molar-refractivity contribution in [2.24, 2.45) is 0 Å². The average molecular weight is 377 g/mol. The van der Waals surface area contributed by atoms with E-state index >= 15 is 0 Å². The summed E-state index contributed by atoms with van der Waals surface area (Å²) in [5.41, 5.74) is 1.34. The molecule has 9 heteroatoms. The highest BCUT2D eigenvalue weighted by atomic mass is 32.1. The molecule has 7 nitrogen and oxygen atoms in total. The Hall–Kier alpha value is -2.65. The van der Waals surface area contributed by atoms with E-state index in [1.54, 1.807) is 23.5 Å². The fraction of sp³-hybridized carbons (Fsp3) is 0.188. The van der Waals surface area contributed by atoms with Gasteiger partial charge in [-0.1, -0.05) is 11.3 Å². The van der Waals surface area contributed by atoms with Gasteiger partial charge in [0.2, 0.25) is 10.9 Å². The third-order valence-electron chi connectivity index (χ3n) is 3.34. The molecule has 0 aliphatic carbocycles. The van der Waals surface area contributed by atoms with E-state index in [1.165, 1.54) is 32.7 Å². The van der Waals surface area contributed by atoms with Gasteiger partial charge >= 0.3 is 0 Å². The zero-order chi connectivity index (χ0) is 17.8. The van der Waals surface area contributed by atoms with E-state index in [2.05, 4.69) is 15.5 Å². The van der Waals surface area contributed by atoms with Gasteiger partial charge in [-0.2, -0.15) is 11.3 Å². The number of methoxy groups -OCH3 is 3. The molecule has 0 fully saturated rings. The zero-order valence-corrected chi connectivity index (χ0v) is 15.4. The standard InChI is InChI=1S/C16H15N3O4S2/c1-21-11-6-10(7-12(22-2)13(11)23-3)14(20)17-16-19-18-15(25-16)9-4-5-24-8-9/h4-8H,1-3H3,(H,17,19,20). The Morgan fingerprint density at radius 1 is 1.08 bits per heavy atom. The predicted molar refractivity (Wildman–Crippen MR) is 97.3 cm³/mol. The first-order chi connectivity index (χ1) is 12.2. The second-order valence-corrected chi connectivity index (χ2v) is 6.55. The van der Waals surface area contributed by atoms with Crippen molar-refractivity contribution in [2.75, 3.05) is 26.6 Å². The van der Waals surface area contributed by atoms with Gasteiger partial charge in [-0.15, -0.1) is 10.2 Å². The highest BCUT2D eigenvalue weighted by Gasteiger charge is 2.18. The van der Waals surface area contributed by atoms with Crippen LogP contribution in [0.4, 0.5) is 5.13 Å². The first-order valence-electron chi connectivity index (χ1n) is 7.13. The minimum atomic E-state index is -0.340. The second kappa shape index (κ2) is 7.49. The van der Waals surface area contributed by atoms with Crippen LogP contribution in [0.15, 0.2) is 29.0 Å². The molecule has 0 spiro atoms. The van der Waals surface area contributed by atoms with E-state index in [9.17, 15) is 4.79 Å². The Kier molecular flexibility index (Phi) is 5.15. The molecular weight excluding hydrogens is 362 g/mol. The van der Waals surface area contributed by atoms with Crippen molar-refractivity contribution < 1.29 is 19.0 Å². The lowest BCUT2D eigenvalue weighted by atomic mass is 10.1. The summed E-state index contributed by atoms with van der Waals surface area (Å²) < 4.78 is 15.8. The minimum Gasteiger partial charge on any atom is -0.493 e. The van der Waals surface area contributed by atoms with Gasteiger partial charge in [0, 0.05) is 16.5 Å². The number of aromatic nitrogens is 2. The van der Waals surface area contributed by atoms with E-state index in [-0.39, 0.29) is 5.91 Å². The lowest BCUT2D eigenvalue weighted by Crippen LogP contribution is -2.12. The van der Waals surface area contributed by atoms with Crippen molar-refractivity contribution in [1.29, 1.82) is 0 Å². The minimum absolute atomic E-state index is 0.340. The van der Waals surface area contributed by atoms with E-state index in [4.69, 9.17) is 14.2 Å². The van der Waals surface area contributed by atoms with Gasteiger partial charge in [-0.05, 0) is 23.6 Å². The van der Waals surface area contributed by atoms with Gasteiger partial charge in [0.1, 0.15) is 5.01 Å². The van der Waals surface area contributed by atoms with Gasteiger partial charge in [-0.25, -0.2) is 0 Å². The summed E-state index contributed by atoms with van der Waals surface area (Å²) in [6.45, 7) is 0. The largest absolute Gasteiger partial charge is 0.493 e. The van der Waals surface area contributed by atoms with Crippen LogP contribution in [0.2, 0.25) is 0 Å². The number of nitrogens with zero attached hydrogens (tertiary/aromatic N) is 2. The van der Waals surface area contributed by atoms with Crippen LogP contribution in [-0.4, -0.2) is 37.4 Å². The Balaban J connectivity index is 1.84. The summed E-state index contributed by atoms with van der Waals surface area (Å²) in [6, 6.07) is 5.12. The molecule has 1 amide bonds. The molecule has 130 valence electrons. The van der Waals surface area contributed by atoms with E-state index < -0.39 is 0 Å². The van der Waals surface area contributed by atoms with Gasteiger partial charge in [-0.3, -0.25) is 10.1 Å². The number of benzene rings is 1. The molecule has 0 aliphatic rings. The highest BCUT2D eigenvalue weighted by Crippen LogP contribution is 2.38. The maximum Gasteiger partial charge on any atom is 0.257 e. The molecule has 3 rings (SSSR count). The Morgan fingerprint density at radius 2 is 1.80 bits per heavy atom. The number of hydrogen-bond donors (Lipinski definition) is 1. The summed E-state index contributed by atoms with van der Waals surface area (Å²) in [5.74, 6) is 0.899. The number of anilines is 1. The van der Waals surface area contributed by atoms with Crippen LogP contribution >= 0.6 is 22.7 Å². The third-order valence-corrected chi connectivity index (χ3v) is 4.91. The molecule has 0 saturated heterocycles. The van der Waals surface area contributed by atoms with E-state index in [1.807, 2.05) is 16.8 Å². The summed E-state index contributed by atoms with van der Waals surface area (Å²) in [7, 11) is 4.50. The first kappa shape index (κ1) is 17.2. The first-order valence-corrected chi connectivity index (χ1v) is 8.89. The SMILES string of the molecule is COc1cc(C(=O)Nc2nnc(-c3ccsc3)s2)cc(OC)c1OC. The molecule has 3 aromatic rings. The third kappa shape index (κ3) is 3.57. The quantitative estimate of drug-likeness (QED) is 0.707. The summed E-state index contributed by atoms with van der Waals surface area (Å²) in [6.07, 6.45) is 0. The van der Waals surface area contributed by atoms with Crippen molar-refractivity contribution in [3.05, 3.63) is 34.5 Å². The lowest BCUT2D eigenvalue weighted by Gasteiger charge is -2.13. The van der Waals surface area contributed by atoms with Gasteiger partial charge in [0.05, 0.1) is 21.3 Å². The second-order valence-electron chi connectivity index (χ2n) is 4.79. The highest BCUT2D eigenvalue weighted by molar-refractivity contribution is 7.19. The Morgan fingerprint density at radius 3 is 2.36 bits per heavy atom. The maximum absolute atomic E-state index is 12.5. The predicted octanol–water partition coefficient (Wildman–Crippen LogP) is 3.54. The molecule has 2 aromatic heterocycles. The normalized spacial score (nSPS) is 10.4. The topological polar surface area (TPSA) is 82.6 Å². The lowest BCUT2D eigenvalue weighted by molar-refractivity contribution is 0.102. The Bertz CT molecular complexity index is 852. The number of nitrogens with one attached hydrogen (secondary N) is 1. The van der Waals surface area contributed by atoms with Gasteiger partial charge < -0.3 is 14.2 Å². The van der Waals surface area contributed by atoms with Crippen LogP contribution in [-0.2, 0) is 0 Å². The number of carbonyl (C=O) groups is 1. The Labute approximate surface area is 152 Å². The molecule has 1 aromatic carbocycles. The summed E-state index contributed by atoms with van der Waals surface area (Å²) in [4.78, 5) is 12.5. The van der Waals surface area contributed by atoms with Gasteiger partial charge in [0.15, 0.2) is 11.5 Å². The molecule has 2 heterocycles. The fourth-order valence-electron chi connectivity index (χ4n) is 2.16. The number of ether oxygens (including phenoxy) is 3. The van der Waals surface area contributed by atoms with Crippen LogP contribution in [0.1, 0.15) is 10.4 Å². The van der Waals surface area contributed by atoms with Crippen LogP contribution in [0.3, 0.4) is 0 Å². The summed E-state index contributed by atoms with van der Waals surface area (Å²) >= 11 is 2.88.